The molecule has 0 aromatic heterocycles. The average molecular weight is 436 g/mol. The summed E-state index contributed by atoms with van der Waals surface area (Å²) in [5.41, 5.74) is 0.364. The highest BCUT2D eigenvalue weighted by atomic mass is 35.5. The molecule has 1 fully saturated rings. The van der Waals surface area contributed by atoms with Gasteiger partial charge in [-0.25, -0.2) is 4.39 Å². The molecule has 0 bridgehead atoms. The average Bonchev–Trinajstić information content (AvgIpc) is 2.72. The number of ether oxygens (including phenoxy) is 1. The van der Waals surface area contributed by atoms with E-state index in [0.29, 0.717) is 37.4 Å². The van der Waals surface area contributed by atoms with Crippen LogP contribution in [0.25, 0.3) is 0 Å². The van der Waals surface area contributed by atoms with Gasteiger partial charge in [0.25, 0.3) is 5.91 Å². The number of anilines is 1. The second-order valence-electron chi connectivity index (χ2n) is 6.75. The van der Waals surface area contributed by atoms with Gasteiger partial charge in [0.15, 0.2) is 18.1 Å². The molecule has 8 nitrogen and oxygen atoms in total. The standard InChI is InChI=1S/C20H19ClFN3O5/c1-13(26)14-2-4-17(16(22)10-14)23-6-8-24(9-7-23)20(27)12-30-19-5-3-15(21)11-18(19)25(28)29/h2-5,10-11H,6-9,12H2,1H3. The van der Waals surface area contributed by atoms with Crippen LogP contribution in [0.3, 0.4) is 0 Å². The fourth-order valence-electron chi connectivity index (χ4n) is 3.17. The number of amides is 1. The van der Waals surface area contributed by atoms with Crippen molar-refractivity contribution in [1.82, 2.24) is 4.90 Å². The molecule has 1 saturated heterocycles. The lowest BCUT2D eigenvalue weighted by molar-refractivity contribution is -0.385. The van der Waals surface area contributed by atoms with Crippen molar-refractivity contribution in [3.63, 3.8) is 0 Å². The summed E-state index contributed by atoms with van der Waals surface area (Å²) in [5, 5.41) is 11.3. The zero-order chi connectivity index (χ0) is 21.8. The molecule has 2 aromatic rings. The van der Waals surface area contributed by atoms with Crippen LogP contribution in [0.15, 0.2) is 36.4 Å². The first kappa shape index (κ1) is 21.5. The molecular weight excluding hydrogens is 417 g/mol. The Morgan fingerprint density at radius 2 is 1.87 bits per heavy atom. The van der Waals surface area contributed by atoms with E-state index >= 15 is 0 Å². The van der Waals surface area contributed by atoms with Gasteiger partial charge in [-0.05, 0) is 37.3 Å². The number of ketones is 1. The first-order valence-corrected chi connectivity index (χ1v) is 9.54. The lowest BCUT2D eigenvalue weighted by Crippen LogP contribution is -2.50. The van der Waals surface area contributed by atoms with E-state index in [1.807, 2.05) is 0 Å². The van der Waals surface area contributed by atoms with Crippen molar-refractivity contribution >= 4 is 34.7 Å². The summed E-state index contributed by atoms with van der Waals surface area (Å²) in [6, 6.07) is 8.30. The molecule has 2 aromatic carbocycles. The van der Waals surface area contributed by atoms with Crippen molar-refractivity contribution in [2.75, 3.05) is 37.7 Å². The maximum atomic E-state index is 14.3. The monoisotopic (exact) mass is 435 g/mol. The second kappa shape index (κ2) is 9.08. The maximum absolute atomic E-state index is 14.3. The van der Waals surface area contributed by atoms with E-state index in [-0.39, 0.29) is 34.8 Å². The Morgan fingerprint density at radius 1 is 1.17 bits per heavy atom. The third-order valence-corrected chi connectivity index (χ3v) is 5.03. The lowest BCUT2D eigenvalue weighted by atomic mass is 10.1. The molecule has 0 radical (unpaired) electrons. The van der Waals surface area contributed by atoms with Crippen LogP contribution in [0.4, 0.5) is 15.8 Å². The number of benzene rings is 2. The quantitative estimate of drug-likeness (QED) is 0.392. The predicted octanol–water partition coefficient (Wildman–Crippen LogP) is 3.32. The number of nitro groups is 1. The summed E-state index contributed by atoms with van der Waals surface area (Å²) >= 11 is 5.76. The number of nitro benzene ring substituents is 1. The van der Waals surface area contributed by atoms with Crippen molar-refractivity contribution in [3.05, 3.63) is 62.9 Å². The normalized spacial score (nSPS) is 13.8. The van der Waals surface area contributed by atoms with Crippen LogP contribution in [0.2, 0.25) is 5.02 Å². The lowest BCUT2D eigenvalue weighted by Gasteiger charge is -2.36. The molecule has 0 N–H and O–H groups in total. The van der Waals surface area contributed by atoms with Crippen molar-refractivity contribution in [1.29, 1.82) is 0 Å². The fraction of sp³-hybridized carbons (Fsp3) is 0.300. The van der Waals surface area contributed by atoms with Crippen molar-refractivity contribution in [2.45, 2.75) is 6.92 Å². The predicted molar refractivity (Wildman–Crippen MR) is 109 cm³/mol. The number of Topliss-reactive ketones (excluding diaryl/α,β-unsaturated/α-hetero) is 1. The van der Waals surface area contributed by atoms with E-state index < -0.39 is 10.7 Å². The van der Waals surface area contributed by atoms with E-state index in [9.17, 15) is 24.1 Å². The van der Waals surface area contributed by atoms with Gasteiger partial charge < -0.3 is 14.5 Å². The van der Waals surface area contributed by atoms with E-state index in [1.54, 1.807) is 21.9 Å². The largest absolute Gasteiger partial charge is 0.477 e. The summed E-state index contributed by atoms with van der Waals surface area (Å²) in [4.78, 5) is 37.6. The number of carbonyl (C=O) groups excluding carboxylic acids is 2. The van der Waals surface area contributed by atoms with Gasteiger partial charge in [-0.3, -0.25) is 19.7 Å². The van der Waals surface area contributed by atoms with Crippen molar-refractivity contribution < 1.29 is 23.6 Å². The number of halogens is 2. The highest BCUT2D eigenvalue weighted by Gasteiger charge is 2.24. The molecule has 0 saturated carbocycles. The molecule has 30 heavy (non-hydrogen) atoms. The van der Waals surface area contributed by atoms with Crippen LogP contribution in [0, 0.1) is 15.9 Å². The second-order valence-corrected chi connectivity index (χ2v) is 7.18. The van der Waals surface area contributed by atoms with Crippen LogP contribution < -0.4 is 9.64 Å². The molecule has 158 valence electrons. The maximum Gasteiger partial charge on any atom is 0.312 e. The molecule has 0 aliphatic carbocycles. The van der Waals surface area contributed by atoms with Gasteiger partial charge in [0.05, 0.1) is 10.6 Å². The molecule has 1 heterocycles. The number of rotatable bonds is 6. The molecule has 10 heteroatoms. The van der Waals surface area contributed by atoms with E-state index in [1.165, 1.54) is 25.1 Å². The molecule has 0 unspecified atom stereocenters. The molecule has 0 atom stereocenters. The highest BCUT2D eigenvalue weighted by molar-refractivity contribution is 6.30. The molecule has 1 aliphatic heterocycles. The third-order valence-electron chi connectivity index (χ3n) is 4.80. The Balaban J connectivity index is 1.57. The van der Waals surface area contributed by atoms with Crippen LogP contribution in [0.5, 0.6) is 5.75 Å². The summed E-state index contributed by atoms with van der Waals surface area (Å²) in [7, 11) is 0. The number of hydrogen-bond donors (Lipinski definition) is 0. The summed E-state index contributed by atoms with van der Waals surface area (Å²) < 4.78 is 19.7. The Hall–Kier alpha value is -3.20. The molecular formula is C20H19ClFN3O5. The van der Waals surface area contributed by atoms with Crippen molar-refractivity contribution in [2.24, 2.45) is 0 Å². The zero-order valence-corrected chi connectivity index (χ0v) is 16.9. The number of carbonyl (C=O) groups is 2. The Labute approximate surface area is 176 Å². The smallest absolute Gasteiger partial charge is 0.312 e. The van der Waals surface area contributed by atoms with Gasteiger partial charge in [-0.2, -0.15) is 0 Å². The first-order chi connectivity index (χ1) is 14.3. The minimum Gasteiger partial charge on any atom is -0.477 e. The van der Waals surface area contributed by atoms with Crippen LogP contribution in [-0.2, 0) is 4.79 Å². The number of hydrogen-bond acceptors (Lipinski definition) is 6. The van der Waals surface area contributed by atoms with Gasteiger partial charge >= 0.3 is 5.69 Å². The molecule has 3 rings (SSSR count). The highest BCUT2D eigenvalue weighted by Crippen LogP contribution is 2.30. The summed E-state index contributed by atoms with van der Waals surface area (Å²) in [6.07, 6.45) is 0. The summed E-state index contributed by atoms with van der Waals surface area (Å²) in [6.45, 7) is 2.52. The van der Waals surface area contributed by atoms with E-state index in [0.717, 1.165) is 6.07 Å². The number of nitrogens with zero attached hydrogens (tertiary/aromatic N) is 3. The minimum atomic E-state index is -0.629. The van der Waals surface area contributed by atoms with Gasteiger partial charge in [-0.1, -0.05) is 11.6 Å². The van der Waals surface area contributed by atoms with Crippen molar-refractivity contribution in [3.8, 4) is 5.75 Å². The van der Waals surface area contributed by atoms with Gasteiger partial charge in [0.2, 0.25) is 0 Å². The third kappa shape index (κ3) is 4.85. The minimum absolute atomic E-state index is 0.0379. The SMILES string of the molecule is CC(=O)c1ccc(N2CCN(C(=O)COc3ccc(Cl)cc3[N+](=O)[O-])CC2)c(F)c1. The fourth-order valence-corrected chi connectivity index (χ4v) is 3.33. The van der Waals surface area contributed by atoms with E-state index in [2.05, 4.69) is 0 Å². The molecule has 1 amide bonds. The van der Waals surface area contributed by atoms with E-state index in [4.69, 9.17) is 16.3 Å². The number of piperazine rings is 1. The van der Waals surface area contributed by atoms with Gasteiger partial charge in [0, 0.05) is 42.8 Å². The van der Waals surface area contributed by atoms with Gasteiger partial charge in [0.1, 0.15) is 5.82 Å². The Kier molecular flexibility index (Phi) is 6.51. The zero-order valence-electron chi connectivity index (χ0n) is 16.1. The molecule has 0 spiro atoms. The van der Waals surface area contributed by atoms with Crippen LogP contribution in [-0.4, -0.2) is 54.3 Å². The first-order valence-electron chi connectivity index (χ1n) is 9.16. The Bertz CT molecular complexity index is 992. The van der Waals surface area contributed by atoms with Crippen LogP contribution >= 0.6 is 11.6 Å². The van der Waals surface area contributed by atoms with Gasteiger partial charge in [-0.15, -0.1) is 0 Å². The molecule has 1 aliphatic rings. The topological polar surface area (TPSA) is 93.0 Å². The van der Waals surface area contributed by atoms with Crippen LogP contribution in [0.1, 0.15) is 17.3 Å². The Morgan fingerprint density at radius 3 is 2.47 bits per heavy atom. The summed E-state index contributed by atoms with van der Waals surface area (Å²) in [5.74, 6) is -1.06.